The fourth-order valence-electron chi connectivity index (χ4n) is 4.22. The van der Waals surface area contributed by atoms with E-state index in [1.807, 2.05) is 0 Å². The largest absolute Gasteiger partial charge is 0.395 e. The van der Waals surface area contributed by atoms with Gasteiger partial charge in [0.2, 0.25) is 0 Å². The van der Waals surface area contributed by atoms with Crippen molar-refractivity contribution in [3.05, 3.63) is 0 Å². The van der Waals surface area contributed by atoms with Gasteiger partial charge in [-0.25, -0.2) is 0 Å². The predicted octanol–water partition coefficient (Wildman–Crippen LogP) is 1.40. The first-order chi connectivity index (χ1) is 10.3. The highest BCUT2D eigenvalue weighted by atomic mass is 16.3. The third kappa shape index (κ3) is 5.20. The molecule has 0 aromatic heterocycles. The van der Waals surface area contributed by atoms with Crippen LogP contribution in [0.1, 0.15) is 39.0 Å². The molecule has 1 aliphatic heterocycles. The summed E-state index contributed by atoms with van der Waals surface area (Å²) >= 11 is 0. The monoisotopic (exact) mass is 297 g/mol. The van der Waals surface area contributed by atoms with Crippen LogP contribution in [0.4, 0.5) is 0 Å². The molecule has 0 aromatic carbocycles. The summed E-state index contributed by atoms with van der Waals surface area (Å²) in [4.78, 5) is 5.08. The molecule has 4 heteroatoms. The van der Waals surface area contributed by atoms with Crippen molar-refractivity contribution in [2.24, 2.45) is 11.8 Å². The summed E-state index contributed by atoms with van der Waals surface area (Å²) < 4.78 is 0. The quantitative estimate of drug-likeness (QED) is 0.777. The molecule has 0 aromatic rings. The molecule has 1 heterocycles. The lowest BCUT2D eigenvalue weighted by molar-refractivity contribution is 0.141. The number of hydrogen-bond donors (Lipinski definition) is 2. The van der Waals surface area contributed by atoms with Gasteiger partial charge in [0.05, 0.1) is 6.61 Å². The summed E-state index contributed by atoms with van der Waals surface area (Å²) in [5, 5.41) is 12.7. The molecule has 124 valence electrons. The van der Waals surface area contributed by atoms with Crippen molar-refractivity contribution in [2.45, 2.75) is 45.1 Å². The second kappa shape index (κ2) is 9.09. The lowest BCUT2D eigenvalue weighted by Gasteiger charge is -2.38. The van der Waals surface area contributed by atoms with Gasteiger partial charge >= 0.3 is 0 Å². The molecular weight excluding hydrogens is 262 g/mol. The average molecular weight is 297 g/mol. The van der Waals surface area contributed by atoms with Gasteiger partial charge in [-0.3, -0.25) is 4.90 Å². The predicted molar refractivity (Wildman–Crippen MR) is 88.6 cm³/mol. The van der Waals surface area contributed by atoms with Gasteiger partial charge in [0.15, 0.2) is 0 Å². The molecule has 1 saturated heterocycles. The molecule has 3 unspecified atom stereocenters. The Morgan fingerprint density at radius 2 is 1.86 bits per heavy atom. The van der Waals surface area contributed by atoms with Gasteiger partial charge in [0.25, 0.3) is 0 Å². The zero-order valence-electron chi connectivity index (χ0n) is 14.1. The van der Waals surface area contributed by atoms with Crippen LogP contribution in [-0.2, 0) is 0 Å². The van der Waals surface area contributed by atoms with Crippen molar-refractivity contribution in [1.29, 1.82) is 0 Å². The minimum Gasteiger partial charge on any atom is -0.395 e. The van der Waals surface area contributed by atoms with E-state index in [0.29, 0.717) is 12.6 Å². The van der Waals surface area contributed by atoms with Gasteiger partial charge in [-0.15, -0.1) is 0 Å². The van der Waals surface area contributed by atoms with Crippen LogP contribution in [0.25, 0.3) is 0 Å². The molecule has 0 amide bonds. The van der Waals surface area contributed by atoms with Crippen molar-refractivity contribution in [1.82, 2.24) is 15.1 Å². The van der Waals surface area contributed by atoms with Crippen molar-refractivity contribution in [2.75, 3.05) is 52.9 Å². The molecule has 1 saturated carbocycles. The van der Waals surface area contributed by atoms with Crippen molar-refractivity contribution in [3.8, 4) is 0 Å². The lowest BCUT2D eigenvalue weighted by Crippen LogP contribution is -2.45. The van der Waals surface area contributed by atoms with Crippen molar-refractivity contribution < 1.29 is 5.11 Å². The fraction of sp³-hybridized carbons (Fsp3) is 1.00. The van der Waals surface area contributed by atoms with E-state index in [0.717, 1.165) is 31.5 Å². The molecule has 3 atom stereocenters. The van der Waals surface area contributed by atoms with E-state index < -0.39 is 0 Å². The van der Waals surface area contributed by atoms with Crippen molar-refractivity contribution in [3.63, 3.8) is 0 Å². The third-order valence-electron chi connectivity index (χ3n) is 5.63. The molecule has 2 fully saturated rings. The highest BCUT2D eigenvalue weighted by molar-refractivity contribution is 4.86. The SMILES string of the molecule is CCC1CCC(NC)C(CN2CCCN(CCO)CC2)C1. The highest BCUT2D eigenvalue weighted by Crippen LogP contribution is 2.32. The van der Waals surface area contributed by atoms with Crippen LogP contribution in [0.5, 0.6) is 0 Å². The summed E-state index contributed by atoms with van der Waals surface area (Å²) in [6.45, 7) is 9.41. The molecule has 0 spiro atoms. The number of β-amino-alcohol motifs (C(OH)–C–C–N with tert-alkyl or cyclic N) is 1. The molecule has 2 N–H and O–H groups in total. The number of nitrogens with zero attached hydrogens (tertiary/aromatic N) is 2. The summed E-state index contributed by atoms with van der Waals surface area (Å²) in [5.74, 6) is 1.76. The minimum atomic E-state index is 0.294. The van der Waals surface area contributed by atoms with E-state index in [1.165, 1.54) is 51.7 Å². The Balaban J connectivity index is 1.83. The first-order valence-corrected chi connectivity index (χ1v) is 8.99. The maximum atomic E-state index is 9.10. The summed E-state index contributed by atoms with van der Waals surface area (Å²) in [6.07, 6.45) is 6.75. The molecule has 2 rings (SSSR count). The maximum Gasteiger partial charge on any atom is 0.0558 e. The van der Waals surface area contributed by atoms with E-state index in [9.17, 15) is 0 Å². The Kier molecular flexibility index (Phi) is 7.44. The Hall–Kier alpha value is -0.160. The number of aliphatic hydroxyl groups is 1. The van der Waals surface area contributed by atoms with Crippen LogP contribution in [0.15, 0.2) is 0 Å². The molecule has 4 nitrogen and oxygen atoms in total. The standard InChI is InChI=1S/C17H35N3O/c1-3-15-5-6-17(18-2)16(13-15)14-20-8-4-7-19(9-10-20)11-12-21/h15-18,21H,3-14H2,1-2H3. The van der Waals surface area contributed by atoms with E-state index in [4.69, 9.17) is 5.11 Å². The molecule has 0 radical (unpaired) electrons. The zero-order chi connectivity index (χ0) is 15.1. The normalized spacial score (nSPS) is 33.0. The first-order valence-electron chi connectivity index (χ1n) is 8.99. The lowest BCUT2D eigenvalue weighted by atomic mass is 9.76. The van der Waals surface area contributed by atoms with Crippen LogP contribution in [0.2, 0.25) is 0 Å². The van der Waals surface area contributed by atoms with Crippen LogP contribution in [-0.4, -0.2) is 73.9 Å². The van der Waals surface area contributed by atoms with E-state index >= 15 is 0 Å². The summed E-state index contributed by atoms with van der Waals surface area (Å²) in [5.41, 5.74) is 0. The van der Waals surface area contributed by atoms with Gasteiger partial charge < -0.3 is 15.3 Å². The number of hydrogen-bond acceptors (Lipinski definition) is 4. The second-order valence-electron chi connectivity index (χ2n) is 6.96. The number of nitrogens with one attached hydrogen (secondary N) is 1. The van der Waals surface area contributed by atoms with E-state index in [2.05, 4.69) is 29.1 Å². The molecule has 0 bridgehead atoms. The van der Waals surface area contributed by atoms with E-state index in [-0.39, 0.29) is 0 Å². The minimum absolute atomic E-state index is 0.294. The smallest absolute Gasteiger partial charge is 0.0558 e. The Morgan fingerprint density at radius 3 is 2.57 bits per heavy atom. The number of aliphatic hydroxyl groups excluding tert-OH is 1. The van der Waals surface area contributed by atoms with Crippen molar-refractivity contribution >= 4 is 0 Å². The van der Waals surface area contributed by atoms with Gasteiger partial charge in [-0.2, -0.15) is 0 Å². The average Bonchev–Trinajstić information content (AvgIpc) is 2.73. The molecular formula is C17H35N3O. The van der Waals surface area contributed by atoms with Crippen LogP contribution < -0.4 is 5.32 Å². The first kappa shape index (κ1) is 17.2. The summed E-state index contributed by atoms with van der Waals surface area (Å²) in [7, 11) is 2.13. The van der Waals surface area contributed by atoms with E-state index in [1.54, 1.807) is 0 Å². The fourth-order valence-corrected chi connectivity index (χ4v) is 4.22. The zero-order valence-corrected chi connectivity index (χ0v) is 14.1. The van der Waals surface area contributed by atoms with Gasteiger partial charge in [0.1, 0.15) is 0 Å². The summed E-state index contributed by atoms with van der Waals surface area (Å²) in [6, 6.07) is 0.713. The molecule has 1 aliphatic carbocycles. The van der Waals surface area contributed by atoms with Gasteiger partial charge in [0, 0.05) is 32.2 Å². The van der Waals surface area contributed by atoms with Gasteiger partial charge in [-0.1, -0.05) is 13.3 Å². The maximum absolute atomic E-state index is 9.10. The molecule has 21 heavy (non-hydrogen) atoms. The van der Waals surface area contributed by atoms with Crippen LogP contribution in [0, 0.1) is 11.8 Å². The van der Waals surface area contributed by atoms with Crippen LogP contribution >= 0.6 is 0 Å². The Labute approximate surface area is 130 Å². The van der Waals surface area contributed by atoms with Gasteiger partial charge in [-0.05, 0) is 57.7 Å². The topological polar surface area (TPSA) is 38.7 Å². The number of rotatable bonds is 6. The third-order valence-corrected chi connectivity index (χ3v) is 5.63. The second-order valence-corrected chi connectivity index (χ2v) is 6.96. The molecule has 2 aliphatic rings. The highest BCUT2D eigenvalue weighted by Gasteiger charge is 2.30. The van der Waals surface area contributed by atoms with Crippen LogP contribution in [0.3, 0.4) is 0 Å². The Bertz CT molecular complexity index is 287. The Morgan fingerprint density at radius 1 is 1.10 bits per heavy atom.